The van der Waals surface area contributed by atoms with Gasteiger partial charge in [0.1, 0.15) is 5.75 Å². The highest BCUT2D eigenvalue weighted by Gasteiger charge is 2.22. The Morgan fingerprint density at radius 1 is 1.32 bits per heavy atom. The molecule has 2 aromatic rings. The van der Waals surface area contributed by atoms with Gasteiger partial charge in [-0.05, 0) is 31.5 Å². The quantitative estimate of drug-likeness (QED) is 0.918. The van der Waals surface area contributed by atoms with Crippen molar-refractivity contribution in [1.82, 2.24) is 15.5 Å². The monoisotopic (exact) mass is 259 g/mol. The lowest BCUT2D eigenvalue weighted by atomic mass is 10.1. The molecule has 1 aliphatic rings. The lowest BCUT2D eigenvalue weighted by Gasteiger charge is -2.19. The van der Waals surface area contributed by atoms with Crippen molar-refractivity contribution in [3.8, 4) is 17.1 Å². The summed E-state index contributed by atoms with van der Waals surface area (Å²) >= 11 is 0. The number of nitrogens with zero attached hydrogens (tertiary/aromatic N) is 2. The van der Waals surface area contributed by atoms with Crippen LogP contribution in [0.3, 0.4) is 0 Å². The normalized spacial score (nSPS) is 19.3. The Labute approximate surface area is 112 Å². The van der Waals surface area contributed by atoms with E-state index in [4.69, 9.17) is 9.26 Å². The highest BCUT2D eigenvalue weighted by molar-refractivity contribution is 5.63. The number of methoxy groups -OCH3 is 1. The molecule has 1 aromatic heterocycles. The lowest BCUT2D eigenvalue weighted by molar-refractivity contribution is 0.297. The summed E-state index contributed by atoms with van der Waals surface area (Å²) in [5, 5.41) is 7.47. The Hall–Kier alpha value is -1.88. The largest absolute Gasteiger partial charge is 0.496 e. The van der Waals surface area contributed by atoms with Gasteiger partial charge in [0.2, 0.25) is 11.7 Å². The van der Waals surface area contributed by atoms with Gasteiger partial charge in [-0.15, -0.1) is 0 Å². The predicted molar refractivity (Wildman–Crippen MR) is 70.9 cm³/mol. The Bertz CT molecular complexity index is 547. The number of ether oxygens (including phenoxy) is 1. The second-order valence-corrected chi connectivity index (χ2v) is 4.66. The first-order valence-electron chi connectivity index (χ1n) is 6.59. The van der Waals surface area contributed by atoms with Crippen molar-refractivity contribution in [2.75, 3.05) is 13.7 Å². The summed E-state index contributed by atoms with van der Waals surface area (Å²) < 4.78 is 10.7. The molecule has 0 aliphatic carbocycles. The predicted octanol–water partition coefficient (Wildman–Crippen LogP) is 2.56. The summed E-state index contributed by atoms with van der Waals surface area (Å²) in [6.45, 7) is 1.01. The fourth-order valence-electron chi connectivity index (χ4n) is 2.38. The highest BCUT2D eigenvalue weighted by Crippen LogP contribution is 2.29. The first kappa shape index (κ1) is 12.2. The minimum absolute atomic E-state index is 0.185. The van der Waals surface area contributed by atoms with E-state index >= 15 is 0 Å². The number of piperidine rings is 1. The van der Waals surface area contributed by atoms with Crippen molar-refractivity contribution >= 4 is 0 Å². The van der Waals surface area contributed by atoms with Crippen LogP contribution in [0.4, 0.5) is 0 Å². The smallest absolute Gasteiger partial charge is 0.244 e. The third-order valence-electron chi connectivity index (χ3n) is 3.40. The summed E-state index contributed by atoms with van der Waals surface area (Å²) in [7, 11) is 1.64. The van der Waals surface area contributed by atoms with E-state index in [0.29, 0.717) is 11.7 Å². The summed E-state index contributed by atoms with van der Waals surface area (Å²) in [5.41, 5.74) is 0.857. The van der Waals surface area contributed by atoms with Gasteiger partial charge in [-0.2, -0.15) is 4.98 Å². The van der Waals surface area contributed by atoms with E-state index in [0.717, 1.165) is 24.3 Å². The second-order valence-electron chi connectivity index (χ2n) is 4.66. The molecule has 1 aromatic carbocycles. The zero-order valence-electron chi connectivity index (χ0n) is 10.9. The molecule has 0 saturated carbocycles. The molecule has 0 amide bonds. The maximum atomic E-state index is 5.38. The van der Waals surface area contributed by atoms with Crippen molar-refractivity contribution in [3.63, 3.8) is 0 Å². The molecular formula is C14H17N3O2. The van der Waals surface area contributed by atoms with Crippen LogP contribution < -0.4 is 10.1 Å². The third-order valence-corrected chi connectivity index (χ3v) is 3.40. The Morgan fingerprint density at radius 2 is 2.21 bits per heavy atom. The van der Waals surface area contributed by atoms with Gasteiger partial charge in [0.25, 0.3) is 0 Å². The van der Waals surface area contributed by atoms with Crippen LogP contribution in [-0.2, 0) is 0 Å². The minimum atomic E-state index is 0.185. The summed E-state index contributed by atoms with van der Waals surface area (Å²) in [6.07, 6.45) is 3.46. The van der Waals surface area contributed by atoms with Gasteiger partial charge in [-0.1, -0.05) is 23.7 Å². The maximum absolute atomic E-state index is 5.38. The first-order valence-corrected chi connectivity index (χ1v) is 6.59. The van der Waals surface area contributed by atoms with E-state index in [1.54, 1.807) is 7.11 Å². The number of hydrogen-bond acceptors (Lipinski definition) is 5. The van der Waals surface area contributed by atoms with Crippen molar-refractivity contribution in [1.29, 1.82) is 0 Å². The van der Waals surface area contributed by atoms with E-state index in [1.807, 2.05) is 24.3 Å². The SMILES string of the molecule is COc1ccccc1-c1noc(C2CCCCN2)n1. The van der Waals surface area contributed by atoms with Crippen molar-refractivity contribution in [2.45, 2.75) is 25.3 Å². The molecule has 19 heavy (non-hydrogen) atoms. The number of nitrogens with one attached hydrogen (secondary N) is 1. The van der Waals surface area contributed by atoms with Gasteiger partial charge in [0, 0.05) is 0 Å². The third kappa shape index (κ3) is 2.46. The number of benzene rings is 1. The van der Waals surface area contributed by atoms with Gasteiger partial charge in [0.15, 0.2) is 0 Å². The van der Waals surface area contributed by atoms with Gasteiger partial charge in [0.05, 0.1) is 18.7 Å². The van der Waals surface area contributed by atoms with Crippen LogP contribution >= 0.6 is 0 Å². The molecule has 1 aliphatic heterocycles. The van der Waals surface area contributed by atoms with Crippen LogP contribution in [0.5, 0.6) is 5.75 Å². The molecule has 0 spiro atoms. The van der Waals surface area contributed by atoms with Crippen molar-refractivity contribution in [2.24, 2.45) is 0 Å². The molecule has 0 bridgehead atoms. The summed E-state index contributed by atoms with van der Waals surface area (Å²) in [5.74, 6) is 2.01. The van der Waals surface area contributed by atoms with Crippen LogP contribution in [0.15, 0.2) is 28.8 Å². The average Bonchev–Trinajstić information content (AvgIpc) is 2.98. The van der Waals surface area contributed by atoms with Gasteiger partial charge < -0.3 is 14.6 Å². The Morgan fingerprint density at radius 3 is 3.00 bits per heavy atom. The number of para-hydroxylation sites is 1. The molecule has 2 heterocycles. The number of rotatable bonds is 3. The minimum Gasteiger partial charge on any atom is -0.496 e. The standard InChI is InChI=1S/C14H17N3O2/c1-18-12-8-3-2-6-10(12)13-16-14(19-17-13)11-7-4-5-9-15-11/h2-3,6,8,11,15H,4-5,7,9H2,1H3. The molecular weight excluding hydrogens is 242 g/mol. The molecule has 0 radical (unpaired) electrons. The molecule has 5 nitrogen and oxygen atoms in total. The van der Waals surface area contributed by atoms with Crippen LogP contribution in [-0.4, -0.2) is 23.8 Å². The van der Waals surface area contributed by atoms with Crippen LogP contribution in [0, 0.1) is 0 Å². The molecule has 1 N–H and O–H groups in total. The lowest BCUT2D eigenvalue weighted by Crippen LogP contribution is -2.26. The maximum Gasteiger partial charge on any atom is 0.244 e. The second kappa shape index (κ2) is 5.40. The number of aromatic nitrogens is 2. The van der Waals surface area contributed by atoms with Crippen molar-refractivity contribution < 1.29 is 9.26 Å². The van der Waals surface area contributed by atoms with E-state index in [9.17, 15) is 0 Å². The van der Waals surface area contributed by atoms with Gasteiger partial charge in [-0.25, -0.2) is 0 Å². The van der Waals surface area contributed by atoms with Crippen LogP contribution in [0.1, 0.15) is 31.2 Å². The topological polar surface area (TPSA) is 60.2 Å². The van der Waals surface area contributed by atoms with E-state index in [1.165, 1.54) is 12.8 Å². The number of hydrogen-bond donors (Lipinski definition) is 1. The van der Waals surface area contributed by atoms with Gasteiger partial charge in [-0.3, -0.25) is 0 Å². The Kier molecular flexibility index (Phi) is 3.46. The molecule has 1 unspecified atom stereocenters. The zero-order valence-corrected chi connectivity index (χ0v) is 10.9. The van der Waals surface area contributed by atoms with Gasteiger partial charge >= 0.3 is 0 Å². The molecule has 5 heteroatoms. The molecule has 100 valence electrons. The first-order chi connectivity index (χ1) is 9.38. The van der Waals surface area contributed by atoms with E-state index < -0.39 is 0 Å². The Balaban J connectivity index is 1.88. The summed E-state index contributed by atoms with van der Waals surface area (Å²) in [6, 6.07) is 7.87. The van der Waals surface area contributed by atoms with Crippen molar-refractivity contribution in [3.05, 3.63) is 30.2 Å². The fourth-order valence-corrected chi connectivity index (χ4v) is 2.38. The highest BCUT2D eigenvalue weighted by atomic mass is 16.5. The van der Waals surface area contributed by atoms with E-state index in [-0.39, 0.29) is 6.04 Å². The zero-order chi connectivity index (χ0) is 13.1. The molecule has 1 atom stereocenters. The summed E-state index contributed by atoms with van der Waals surface area (Å²) in [4.78, 5) is 4.49. The molecule has 1 fully saturated rings. The molecule has 3 rings (SSSR count). The fraction of sp³-hybridized carbons (Fsp3) is 0.429. The van der Waals surface area contributed by atoms with E-state index in [2.05, 4.69) is 15.5 Å². The van der Waals surface area contributed by atoms with Crippen LogP contribution in [0.25, 0.3) is 11.4 Å². The molecule has 1 saturated heterocycles. The van der Waals surface area contributed by atoms with Crippen LogP contribution in [0.2, 0.25) is 0 Å². The average molecular weight is 259 g/mol.